The average Bonchev–Trinajstić information content (AvgIpc) is 3.22. The van der Waals surface area contributed by atoms with Crippen LogP contribution in [0.5, 0.6) is 5.75 Å². The number of methoxy groups -OCH3 is 1. The molecule has 0 unspecified atom stereocenters. The second-order valence-corrected chi connectivity index (χ2v) is 12.7. The predicted molar refractivity (Wildman–Crippen MR) is 201 cm³/mol. The zero-order valence-corrected chi connectivity index (χ0v) is 29.8. The first kappa shape index (κ1) is 37.7. The minimum absolute atomic E-state index is 0.0724. The van der Waals surface area contributed by atoms with Crippen LogP contribution in [0.25, 0.3) is 10.4 Å². The van der Waals surface area contributed by atoms with Gasteiger partial charge in [-0.05, 0) is 45.5 Å². The van der Waals surface area contributed by atoms with E-state index in [1.54, 1.807) is 7.11 Å². The fraction of sp³-hybridized carbons (Fsp3) is 0.302. The van der Waals surface area contributed by atoms with E-state index >= 15 is 0 Å². The van der Waals surface area contributed by atoms with E-state index in [0.29, 0.717) is 6.61 Å². The second-order valence-electron chi connectivity index (χ2n) is 12.7. The highest BCUT2D eigenvalue weighted by molar-refractivity contribution is 5.27. The smallest absolute Gasteiger partial charge is 0.187 e. The van der Waals surface area contributed by atoms with Crippen molar-refractivity contribution in [2.75, 3.05) is 13.7 Å². The average molecular weight is 716 g/mol. The van der Waals surface area contributed by atoms with Crippen molar-refractivity contribution in [2.45, 2.75) is 69.8 Å². The number of azide groups is 1. The van der Waals surface area contributed by atoms with Crippen molar-refractivity contribution in [3.8, 4) is 5.75 Å². The van der Waals surface area contributed by atoms with Gasteiger partial charge in [0.1, 0.15) is 30.2 Å². The van der Waals surface area contributed by atoms with E-state index in [9.17, 15) is 5.53 Å². The van der Waals surface area contributed by atoms with Crippen molar-refractivity contribution < 1.29 is 33.2 Å². The highest BCUT2D eigenvalue weighted by Gasteiger charge is 2.51. The molecule has 0 radical (unpaired) electrons. The maximum absolute atomic E-state index is 9.82. The van der Waals surface area contributed by atoms with Crippen LogP contribution < -0.4 is 4.74 Å². The lowest BCUT2D eigenvalue weighted by atomic mass is 9.93. The van der Waals surface area contributed by atoms with Crippen molar-refractivity contribution in [3.63, 3.8) is 0 Å². The summed E-state index contributed by atoms with van der Waals surface area (Å²) >= 11 is 0. The summed E-state index contributed by atoms with van der Waals surface area (Å²) in [6, 6.07) is 46.4. The van der Waals surface area contributed by atoms with Gasteiger partial charge in [-0.15, -0.1) is 0 Å². The molecule has 1 aliphatic rings. The summed E-state index contributed by atoms with van der Waals surface area (Å²) < 4.78 is 45.2. The molecule has 0 amide bonds. The highest BCUT2D eigenvalue weighted by Crippen LogP contribution is 2.34. The minimum atomic E-state index is -0.929. The maximum atomic E-state index is 9.82. The van der Waals surface area contributed by atoms with Gasteiger partial charge in [0.05, 0.1) is 52.8 Å². The number of benzene rings is 5. The van der Waals surface area contributed by atoms with Gasteiger partial charge in [-0.1, -0.05) is 139 Å². The molecule has 0 aliphatic carbocycles. The molecule has 10 nitrogen and oxygen atoms in total. The van der Waals surface area contributed by atoms with Crippen LogP contribution in [0.15, 0.2) is 151 Å². The van der Waals surface area contributed by atoms with Crippen molar-refractivity contribution >= 4 is 0 Å². The standard InChI is InChI=1S/C43H45N3O7/c1-47-37-24-22-36(23-25-37)29-51-42-41(50-28-34-18-10-4-11-19-34)40(49-27-33-16-8-3-9-17-33)39(53-43(42)52-30-35-20-12-5-13-21-35)38(45-46-44)31-48-26-32-14-6-2-7-15-32/h2-25,38-43H,26-31H2,1H3/t38-,39-,40-,41+,42-,43+/m1/s1. The molecule has 10 heteroatoms. The molecular formula is C43H45N3O7. The molecule has 1 heterocycles. The van der Waals surface area contributed by atoms with Crippen LogP contribution in [0.2, 0.25) is 0 Å². The summed E-state index contributed by atoms with van der Waals surface area (Å²) in [5, 5.41) is 4.21. The Bertz CT molecular complexity index is 1810. The molecule has 6 rings (SSSR count). The summed E-state index contributed by atoms with van der Waals surface area (Å²) in [6.45, 7) is 1.42. The lowest BCUT2D eigenvalue weighted by Gasteiger charge is -2.47. The van der Waals surface area contributed by atoms with E-state index in [1.165, 1.54) is 0 Å². The molecule has 5 aromatic rings. The van der Waals surface area contributed by atoms with Gasteiger partial charge in [-0.2, -0.15) is 0 Å². The minimum Gasteiger partial charge on any atom is -0.497 e. The Kier molecular flexibility index (Phi) is 14.4. The maximum Gasteiger partial charge on any atom is 0.187 e. The fourth-order valence-corrected chi connectivity index (χ4v) is 6.17. The number of hydrogen-bond donors (Lipinski definition) is 0. The van der Waals surface area contributed by atoms with Crippen LogP contribution in [0, 0.1) is 0 Å². The summed E-state index contributed by atoms with van der Waals surface area (Å²) in [5.74, 6) is 0.749. The molecule has 274 valence electrons. The van der Waals surface area contributed by atoms with Crippen LogP contribution in [-0.4, -0.2) is 50.5 Å². The zero-order valence-electron chi connectivity index (χ0n) is 29.8. The van der Waals surface area contributed by atoms with Crippen LogP contribution in [0.4, 0.5) is 0 Å². The zero-order chi connectivity index (χ0) is 36.5. The van der Waals surface area contributed by atoms with Crippen molar-refractivity contribution in [1.82, 2.24) is 0 Å². The van der Waals surface area contributed by atoms with Gasteiger partial charge in [-0.25, -0.2) is 0 Å². The van der Waals surface area contributed by atoms with Crippen LogP contribution >= 0.6 is 0 Å². The summed E-state index contributed by atoms with van der Waals surface area (Å²) in [7, 11) is 1.64. The van der Waals surface area contributed by atoms with Gasteiger partial charge in [0.25, 0.3) is 0 Å². The third-order valence-corrected chi connectivity index (χ3v) is 8.94. The summed E-state index contributed by atoms with van der Waals surface area (Å²) in [4.78, 5) is 3.22. The van der Waals surface area contributed by atoms with E-state index in [0.717, 1.165) is 33.6 Å². The Morgan fingerprint density at radius 1 is 0.547 bits per heavy atom. The normalized spacial score (nSPS) is 20.3. The molecule has 0 aromatic heterocycles. The predicted octanol–water partition coefficient (Wildman–Crippen LogP) is 8.59. The molecule has 0 spiro atoms. The molecular weight excluding hydrogens is 670 g/mol. The lowest BCUT2D eigenvalue weighted by Crippen LogP contribution is -2.63. The molecule has 0 N–H and O–H groups in total. The number of rotatable bonds is 19. The summed E-state index contributed by atoms with van der Waals surface area (Å²) in [6.07, 6.45) is -3.98. The largest absolute Gasteiger partial charge is 0.497 e. The monoisotopic (exact) mass is 715 g/mol. The Labute approximate surface area is 310 Å². The van der Waals surface area contributed by atoms with Gasteiger partial charge < -0.3 is 33.2 Å². The quantitative estimate of drug-likeness (QED) is 0.0478. The number of ether oxygens (including phenoxy) is 7. The SMILES string of the molecule is COc1ccc(CO[C@H]2[C@@H](OCc3ccccc3)O[C@H]([C@@H](COCc3ccccc3)N=[N+]=[N-])[C@@H](OCc3ccccc3)[C@@H]2OCc2ccccc2)cc1. The second kappa shape index (κ2) is 20.3. The molecule has 5 aromatic carbocycles. The van der Waals surface area contributed by atoms with Gasteiger partial charge in [0.2, 0.25) is 0 Å². The van der Waals surface area contributed by atoms with E-state index in [1.807, 2.05) is 146 Å². The Morgan fingerprint density at radius 2 is 0.981 bits per heavy atom. The lowest BCUT2D eigenvalue weighted by molar-refractivity contribution is -0.329. The number of hydrogen-bond acceptors (Lipinski definition) is 8. The van der Waals surface area contributed by atoms with Crippen molar-refractivity contribution in [2.24, 2.45) is 5.11 Å². The molecule has 1 aliphatic heterocycles. The molecule has 1 saturated heterocycles. The third kappa shape index (κ3) is 11.2. The first-order valence-corrected chi connectivity index (χ1v) is 17.7. The Hall–Kier alpha value is -5.03. The van der Waals surface area contributed by atoms with Gasteiger partial charge in [-0.3, -0.25) is 0 Å². The molecule has 0 saturated carbocycles. The van der Waals surface area contributed by atoms with Gasteiger partial charge in [0.15, 0.2) is 6.29 Å². The number of nitrogens with zero attached hydrogens (tertiary/aromatic N) is 3. The Morgan fingerprint density at radius 3 is 1.47 bits per heavy atom. The van der Waals surface area contributed by atoms with Crippen molar-refractivity contribution in [1.29, 1.82) is 0 Å². The molecule has 53 heavy (non-hydrogen) atoms. The van der Waals surface area contributed by atoms with Gasteiger partial charge in [0, 0.05) is 4.91 Å². The van der Waals surface area contributed by atoms with E-state index in [4.69, 9.17) is 33.2 Å². The summed E-state index contributed by atoms with van der Waals surface area (Å²) in [5.41, 5.74) is 14.7. The molecule has 6 atom stereocenters. The highest BCUT2D eigenvalue weighted by atomic mass is 16.7. The fourth-order valence-electron chi connectivity index (χ4n) is 6.17. The topological polar surface area (TPSA) is 113 Å². The first-order valence-electron chi connectivity index (χ1n) is 17.7. The van der Waals surface area contributed by atoms with E-state index in [2.05, 4.69) is 10.0 Å². The third-order valence-electron chi connectivity index (χ3n) is 8.94. The van der Waals surface area contributed by atoms with Crippen LogP contribution in [-0.2, 0) is 61.5 Å². The molecule has 0 bridgehead atoms. The van der Waals surface area contributed by atoms with Crippen LogP contribution in [0.3, 0.4) is 0 Å². The Balaban J connectivity index is 1.35. The first-order chi connectivity index (χ1) is 26.2. The van der Waals surface area contributed by atoms with Crippen LogP contribution in [0.1, 0.15) is 27.8 Å². The molecule has 1 fully saturated rings. The van der Waals surface area contributed by atoms with Crippen molar-refractivity contribution in [3.05, 3.63) is 184 Å². The van der Waals surface area contributed by atoms with E-state index < -0.39 is 36.7 Å². The van der Waals surface area contributed by atoms with E-state index in [-0.39, 0.29) is 33.0 Å². The van der Waals surface area contributed by atoms with Gasteiger partial charge >= 0.3 is 0 Å².